The Balaban J connectivity index is 2.24. The van der Waals surface area contributed by atoms with Gasteiger partial charge in [0, 0.05) is 17.0 Å². The summed E-state index contributed by atoms with van der Waals surface area (Å²) in [5.74, 6) is -0.891. The molecule has 0 aliphatic carbocycles. The highest BCUT2D eigenvalue weighted by Gasteiger charge is 2.24. The number of benzene rings is 1. The Hall–Kier alpha value is -1.89. The number of aliphatic hydroxyl groups is 1. The molecule has 20 heavy (non-hydrogen) atoms. The molecule has 0 radical (unpaired) electrons. The SMILES string of the molecule is CC(C)(C)c1nnnn1CC(O)c1ccc(F)cc1F. The zero-order valence-electron chi connectivity index (χ0n) is 11.5. The molecule has 1 aromatic heterocycles. The Labute approximate surface area is 115 Å². The summed E-state index contributed by atoms with van der Waals surface area (Å²) < 4.78 is 27.9. The van der Waals surface area contributed by atoms with E-state index in [0.29, 0.717) is 5.82 Å². The summed E-state index contributed by atoms with van der Waals surface area (Å²) in [7, 11) is 0. The zero-order valence-corrected chi connectivity index (χ0v) is 11.5. The molecule has 1 heterocycles. The zero-order chi connectivity index (χ0) is 14.9. The first-order valence-corrected chi connectivity index (χ1v) is 6.18. The van der Waals surface area contributed by atoms with Gasteiger partial charge >= 0.3 is 0 Å². The van der Waals surface area contributed by atoms with Crippen molar-refractivity contribution in [3.05, 3.63) is 41.2 Å². The maximum atomic E-state index is 13.6. The first-order chi connectivity index (χ1) is 9.29. The van der Waals surface area contributed by atoms with E-state index in [4.69, 9.17) is 0 Å². The molecule has 2 rings (SSSR count). The molecule has 1 aromatic carbocycles. The summed E-state index contributed by atoms with van der Waals surface area (Å²) in [6.07, 6.45) is -1.15. The molecule has 0 saturated carbocycles. The fourth-order valence-electron chi connectivity index (χ4n) is 1.90. The summed E-state index contributed by atoms with van der Waals surface area (Å²) in [4.78, 5) is 0. The van der Waals surface area contributed by atoms with E-state index in [9.17, 15) is 13.9 Å². The third kappa shape index (κ3) is 2.98. The smallest absolute Gasteiger partial charge is 0.156 e. The predicted molar refractivity (Wildman–Crippen MR) is 67.8 cm³/mol. The van der Waals surface area contributed by atoms with Crippen molar-refractivity contribution in [2.45, 2.75) is 38.8 Å². The van der Waals surface area contributed by atoms with E-state index in [0.717, 1.165) is 12.1 Å². The summed E-state index contributed by atoms with van der Waals surface area (Å²) in [5.41, 5.74) is -0.286. The average molecular weight is 282 g/mol. The van der Waals surface area contributed by atoms with Crippen LogP contribution >= 0.6 is 0 Å². The van der Waals surface area contributed by atoms with Crippen LogP contribution in [0.2, 0.25) is 0 Å². The van der Waals surface area contributed by atoms with Gasteiger partial charge < -0.3 is 5.11 Å². The Morgan fingerprint density at radius 3 is 2.60 bits per heavy atom. The first-order valence-electron chi connectivity index (χ1n) is 6.18. The van der Waals surface area contributed by atoms with Crippen LogP contribution in [0.15, 0.2) is 18.2 Å². The molecule has 0 aliphatic rings. The van der Waals surface area contributed by atoms with Crippen molar-refractivity contribution < 1.29 is 13.9 Å². The van der Waals surface area contributed by atoms with E-state index >= 15 is 0 Å². The van der Waals surface area contributed by atoms with Crippen LogP contribution in [0.4, 0.5) is 8.78 Å². The summed E-state index contributed by atoms with van der Waals surface area (Å²) in [6, 6.07) is 3.06. The van der Waals surface area contributed by atoms with Crippen LogP contribution in [0, 0.1) is 11.6 Å². The Bertz CT molecular complexity index is 607. The average Bonchev–Trinajstić information content (AvgIpc) is 2.76. The van der Waals surface area contributed by atoms with E-state index in [1.807, 2.05) is 20.8 Å². The number of aliphatic hydroxyl groups excluding tert-OH is 1. The third-order valence-electron chi connectivity index (χ3n) is 2.87. The highest BCUT2D eigenvalue weighted by molar-refractivity contribution is 5.20. The molecule has 2 aromatic rings. The summed E-state index contributed by atoms with van der Waals surface area (Å²) >= 11 is 0. The highest BCUT2D eigenvalue weighted by Crippen LogP contribution is 2.23. The second-order valence-corrected chi connectivity index (χ2v) is 5.62. The van der Waals surface area contributed by atoms with Gasteiger partial charge in [0.05, 0.1) is 6.54 Å². The van der Waals surface area contributed by atoms with Crippen LogP contribution in [0.25, 0.3) is 0 Å². The largest absolute Gasteiger partial charge is 0.386 e. The van der Waals surface area contributed by atoms with Gasteiger partial charge in [-0.05, 0) is 16.5 Å². The van der Waals surface area contributed by atoms with Gasteiger partial charge in [0.1, 0.15) is 17.7 Å². The number of halogens is 2. The normalized spacial score (nSPS) is 13.5. The first kappa shape index (κ1) is 14.5. The molecule has 1 atom stereocenters. The lowest BCUT2D eigenvalue weighted by molar-refractivity contribution is 0.143. The number of rotatable bonds is 3. The maximum Gasteiger partial charge on any atom is 0.156 e. The Morgan fingerprint density at radius 2 is 2.00 bits per heavy atom. The maximum absolute atomic E-state index is 13.6. The van der Waals surface area contributed by atoms with Gasteiger partial charge in [0.15, 0.2) is 5.82 Å². The quantitative estimate of drug-likeness (QED) is 0.935. The number of tetrazole rings is 1. The van der Waals surface area contributed by atoms with E-state index in [1.165, 1.54) is 10.7 Å². The summed E-state index contributed by atoms with van der Waals surface area (Å²) in [5, 5.41) is 21.3. The van der Waals surface area contributed by atoms with E-state index in [-0.39, 0.29) is 17.5 Å². The van der Waals surface area contributed by atoms with Crippen molar-refractivity contribution >= 4 is 0 Å². The Morgan fingerprint density at radius 1 is 1.30 bits per heavy atom. The molecule has 0 bridgehead atoms. The molecule has 0 aliphatic heterocycles. The van der Waals surface area contributed by atoms with Gasteiger partial charge in [0.25, 0.3) is 0 Å². The molecule has 0 fully saturated rings. The molecule has 0 spiro atoms. The van der Waals surface area contributed by atoms with Crippen molar-refractivity contribution in [3.8, 4) is 0 Å². The van der Waals surface area contributed by atoms with Gasteiger partial charge in [0.2, 0.25) is 0 Å². The second-order valence-electron chi connectivity index (χ2n) is 5.62. The lowest BCUT2D eigenvalue weighted by Gasteiger charge is -2.19. The highest BCUT2D eigenvalue weighted by atomic mass is 19.1. The van der Waals surface area contributed by atoms with E-state index in [2.05, 4.69) is 15.5 Å². The van der Waals surface area contributed by atoms with Crippen molar-refractivity contribution in [2.24, 2.45) is 0 Å². The third-order valence-corrected chi connectivity index (χ3v) is 2.87. The van der Waals surface area contributed by atoms with Crippen LogP contribution in [0.5, 0.6) is 0 Å². The number of hydrogen-bond donors (Lipinski definition) is 1. The fraction of sp³-hybridized carbons (Fsp3) is 0.462. The lowest BCUT2D eigenvalue weighted by atomic mass is 9.95. The summed E-state index contributed by atoms with van der Waals surface area (Å²) in [6.45, 7) is 5.79. The molecular weight excluding hydrogens is 266 g/mol. The van der Waals surface area contributed by atoms with E-state index in [1.54, 1.807) is 0 Å². The topological polar surface area (TPSA) is 63.8 Å². The fourth-order valence-corrected chi connectivity index (χ4v) is 1.90. The van der Waals surface area contributed by atoms with Crippen molar-refractivity contribution in [1.82, 2.24) is 20.2 Å². The molecule has 1 unspecified atom stereocenters. The minimum atomic E-state index is -1.15. The van der Waals surface area contributed by atoms with Gasteiger partial charge in [-0.1, -0.05) is 26.8 Å². The monoisotopic (exact) mass is 282 g/mol. The molecule has 7 heteroatoms. The standard InChI is InChI=1S/C13H16F2N4O/c1-13(2,3)12-16-17-18-19(12)7-11(20)9-5-4-8(14)6-10(9)15/h4-6,11,20H,7H2,1-3H3. The van der Waals surface area contributed by atoms with Crippen LogP contribution in [-0.4, -0.2) is 25.3 Å². The van der Waals surface area contributed by atoms with Gasteiger partial charge in [-0.3, -0.25) is 0 Å². The van der Waals surface area contributed by atoms with E-state index < -0.39 is 17.7 Å². The molecule has 0 amide bonds. The predicted octanol–water partition coefficient (Wildman–Crippen LogP) is 1.98. The minimum absolute atomic E-state index is 0.00214. The minimum Gasteiger partial charge on any atom is -0.386 e. The van der Waals surface area contributed by atoms with Crippen LogP contribution < -0.4 is 0 Å². The number of aromatic nitrogens is 4. The number of nitrogens with zero attached hydrogens (tertiary/aromatic N) is 4. The van der Waals surface area contributed by atoms with Crippen molar-refractivity contribution in [1.29, 1.82) is 0 Å². The molecule has 5 nitrogen and oxygen atoms in total. The number of hydrogen-bond acceptors (Lipinski definition) is 4. The van der Waals surface area contributed by atoms with Crippen LogP contribution in [0.3, 0.4) is 0 Å². The molecule has 1 N–H and O–H groups in total. The van der Waals surface area contributed by atoms with Gasteiger partial charge in [-0.25, -0.2) is 13.5 Å². The van der Waals surface area contributed by atoms with Gasteiger partial charge in [-0.15, -0.1) is 5.10 Å². The molecular formula is C13H16F2N4O. The van der Waals surface area contributed by atoms with Crippen LogP contribution in [-0.2, 0) is 12.0 Å². The van der Waals surface area contributed by atoms with Crippen molar-refractivity contribution in [2.75, 3.05) is 0 Å². The Kier molecular flexibility index (Phi) is 3.80. The van der Waals surface area contributed by atoms with Crippen molar-refractivity contribution in [3.63, 3.8) is 0 Å². The second kappa shape index (κ2) is 5.24. The molecule has 108 valence electrons. The van der Waals surface area contributed by atoms with Crippen LogP contribution in [0.1, 0.15) is 38.3 Å². The lowest BCUT2D eigenvalue weighted by Crippen LogP contribution is -2.22. The molecule has 0 saturated heterocycles. The van der Waals surface area contributed by atoms with Gasteiger partial charge in [-0.2, -0.15) is 0 Å².